The third-order valence-corrected chi connectivity index (χ3v) is 3.77. The largest absolute Gasteiger partial charge is 0.493 e. The first-order valence-corrected chi connectivity index (χ1v) is 7.42. The molecule has 1 N–H and O–H groups in total. The van der Waals surface area contributed by atoms with Crippen LogP contribution < -0.4 is 10.1 Å². The van der Waals surface area contributed by atoms with Crippen molar-refractivity contribution in [3.8, 4) is 5.75 Å². The average Bonchev–Trinajstić information content (AvgIpc) is 2.92. The lowest BCUT2D eigenvalue weighted by Gasteiger charge is -2.20. The molecule has 2 rings (SSSR count). The molecular weight excluding hydrogens is 304 g/mol. The maximum Gasteiger partial charge on any atom is 0.246 e. The fourth-order valence-corrected chi connectivity index (χ4v) is 2.68. The Balaban J connectivity index is 2.07. The monoisotopic (exact) mass is 322 g/mol. The van der Waals surface area contributed by atoms with Gasteiger partial charge in [-0.15, -0.1) is 0 Å². The van der Waals surface area contributed by atoms with E-state index in [0.717, 1.165) is 23.3 Å². The van der Waals surface area contributed by atoms with Gasteiger partial charge in [0.15, 0.2) is 0 Å². The van der Waals surface area contributed by atoms with E-state index in [4.69, 9.17) is 16.3 Å². The summed E-state index contributed by atoms with van der Waals surface area (Å²) in [5, 5.41) is 3.48. The summed E-state index contributed by atoms with van der Waals surface area (Å²) in [4.78, 5) is 24.7. The van der Waals surface area contributed by atoms with Gasteiger partial charge in [0, 0.05) is 24.1 Å². The Labute approximate surface area is 134 Å². The van der Waals surface area contributed by atoms with Crippen LogP contribution in [0.5, 0.6) is 5.75 Å². The minimum atomic E-state index is -0.296. The Kier molecular flexibility index (Phi) is 5.08. The number of carbonyl (C=O) groups is 2. The molecule has 0 bridgehead atoms. The summed E-state index contributed by atoms with van der Waals surface area (Å²) in [5.41, 5.74) is 1.91. The number of likely N-dealkylation sites (N-methyl/N-ethyl adjacent to an activating group) is 1. The van der Waals surface area contributed by atoms with Gasteiger partial charge in [-0.2, -0.15) is 0 Å². The van der Waals surface area contributed by atoms with Crippen LogP contribution in [0.2, 0.25) is 5.02 Å². The van der Waals surface area contributed by atoms with E-state index in [1.54, 1.807) is 13.1 Å². The second-order valence-electron chi connectivity index (χ2n) is 5.27. The average molecular weight is 323 g/mol. The second-order valence-corrected chi connectivity index (χ2v) is 5.71. The normalized spacial score (nSPS) is 13.8. The molecule has 0 saturated heterocycles. The quantitative estimate of drug-likeness (QED) is 0.845. The van der Waals surface area contributed by atoms with Crippen molar-refractivity contribution in [1.82, 2.24) is 10.2 Å². The number of hydrogen-bond acceptors (Lipinski definition) is 3. The van der Waals surface area contributed by atoms with E-state index in [-0.39, 0.29) is 24.4 Å². The Hall–Kier alpha value is -2.01. The van der Waals surface area contributed by atoms with E-state index in [1.165, 1.54) is 11.0 Å². The van der Waals surface area contributed by atoms with Crippen LogP contribution in [0.1, 0.15) is 24.1 Å². The van der Waals surface area contributed by atoms with Gasteiger partial charge in [0.05, 0.1) is 19.2 Å². The highest BCUT2D eigenvalue weighted by Gasteiger charge is 2.22. The van der Waals surface area contributed by atoms with E-state index in [1.807, 2.05) is 13.0 Å². The number of ether oxygens (including phenoxy) is 1. The van der Waals surface area contributed by atoms with E-state index in [0.29, 0.717) is 11.6 Å². The van der Waals surface area contributed by atoms with Crippen LogP contribution >= 0.6 is 11.6 Å². The summed E-state index contributed by atoms with van der Waals surface area (Å²) in [6.45, 7) is 5.85. The summed E-state index contributed by atoms with van der Waals surface area (Å²) >= 11 is 6.12. The maximum atomic E-state index is 12.0. The Bertz CT molecular complexity index is 616. The lowest BCUT2D eigenvalue weighted by molar-refractivity contribution is -0.131. The van der Waals surface area contributed by atoms with E-state index >= 15 is 0 Å². The highest BCUT2D eigenvalue weighted by Crippen LogP contribution is 2.36. The number of nitrogens with zero attached hydrogens (tertiary/aromatic N) is 1. The summed E-state index contributed by atoms with van der Waals surface area (Å²) in [7, 11) is 1.55. The molecule has 0 aliphatic carbocycles. The van der Waals surface area contributed by atoms with Crippen molar-refractivity contribution in [1.29, 1.82) is 0 Å². The standard InChI is InChI=1S/C16H19ClN2O3/c1-4-15(21)19(3)9-14(20)18-10(2)13-8-12(17)7-11-5-6-22-16(11)13/h4,7-8,10H,1,5-6,9H2,2-3H3,(H,18,20). The Morgan fingerprint density at radius 1 is 1.55 bits per heavy atom. The molecule has 0 fully saturated rings. The number of amides is 2. The first kappa shape index (κ1) is 16.4. The van der Waals surface area contributed by atoms with E-state index in [9.17, 15) is 9.59 Å². The molecule has 1 aliphatic rings. The maximum absolute atomic E-state index is 12.0. The van der Waals surface area contributed by atoms with Gasteiger partial charge in [0.1, 0.15) is 5.75 Å². The van der Waals surface area contributed by atoms with Gasteiger partial charge in [-0.05, 0) is 30.7 Å². The van der Waals surface area contributed by atoms with E-state index < -0.39 is 0 Å². The fraction of sp³-hybridized carbons (Fsp3) is 0.375. The molecule has 1 aromatic carbocycles. The molecule has 0 aromatic heterocycles. The van der Waals surface area contributed by atoms with Gasteiger partial charge in [-0.1, -0.05) is 18.2 Å². The zero-order valence-electron chi connectivity index (χ0n) is 12.7. The molecule has 0 spiro atoms. The van der Waals surface area contributed by atoms with Crippen molar-refractivity contribution < 1.29 is 14.3 Å². The third-order valence-electron chi connectivity index (χ3n) is 3.55. The molecule has 5 nitrogen and oxygen atoms in total. The Morgan fingerprint density at radius 2 is 2.27 bits per heavy atom. The number of nitrogens with one attached hydrogen (secondary N) is 1. The van der Waals surface area contributed by atoms with Crippen LogP contribution in [0, 0.1) is 0 Å². The van der Waals surface area contributed by atoms with Crippen LogP contribution in [0.25, 0.3) is 0 Å². The lowest BCUT2D eigenvalue weighted by atomic mass is 10.0. The highest BCUT2D eigenvalue weighted by molar-refractivity contribution is 6.30. The van der Waals surface area contributed by atoms with Crippen LogP contribution in [-0.2, 0) is 16.0 Å². The zero-order chi connectivity index (χ0) is 16.3. The number of hydrogen-bond donors (Lipinski definition) is 1. The van der Waals surface area contributed by atoms with Gasteiger partial charge in [-0.3, -0.25) is 9.59 Å². The molecule has 2 amide bonds. The topological polar surface area (TPSA) is 58.6 Å². The van der Waals surface area contributed by atoms with Crippen LogP contribution in [0.3, 0.4) is 0 Å². The second kappa shape index (κ2) is 6.83. The Morgan fingerprint density at radius 3 is 2.95 bits per heavy atom. The molecule has 1 unspecified atom stereocenters. The number of fused-ring (bicyclic) bond motifs is 1. The molecule has 1 aromatic rings. The van der Waals surface area contributed by atoms with E-state index in [2.05, 4.69) is 11.9 Å². The van der Waals surface area contributed by atoms with Crippen molar-refractivity contribution in [3.63, 3.8) is 0 Å². The molecule has 6 heteroatoms. The van der Waals surface area contributed by atoms with Crippen LogP contribution in [0.15, 0.2) is 24.8 Å². The SMILES string of the molecule is C=CC(=O)N(C)CC(=O)NC(C)c1cc(Cl)cc2c1OCC2. The van der Waals surface area contributed by atoms with Gasteiger partial charge < -0.3 is 15.0 Å². The van der Waals surface area contributed by atoms with Crippen LogP contribution in [-0.4, -0.2) is 36.9 Å². The van der Waals surface area contributed by atoms with Crippen molar-refractivity contribution in [3.05, 3.63) is 40.9 Å². The number of benzene rings is 1. The number of rotatable bonds is 5. The number of halogens is 1. The van der Waals surface area contributed by atoms with Crippen molar-refractivity contribution in [2.75, 3.05) is 20.2 Å². The molecule has 1 heterocycles. The molecule has 0 radical (unpaired) electrons. The summed E-state index contributed by atoms with van der Waals surface area (Å²) in [6, 6.07) is 3.43. The molecule has 0 saturated carbocycles. The molecule has 118 valence electrons. The van der Waals surface area contributed by atoms with Crippen LogP contribution in [0.4, 0.5) is 0 Å². The zero-order valence-corrected chi connectivity index (χ0v) is 13.4. The first-order valence-electron chi connectivity index (χ1n) is 7.04. The van der Waals surface area contributed by atoms with Crippen molar-refractivity contribution >= 4 is 23.4 Å². The molecular formula is C16H19ClN2O3. The van der Waals surface area contributed by atoms with Gasteiger partial charge in [-0.25, -0.2) is 0 Å². The van der Waals surface area contributed by atoms with Gasteiger partial charge in [0.25, 0.3) is 0 Å². The smallest absolute Gasteiger partial charge is 0.246 e. The first-order chi connectivity index (χ1) is 10.4. The summed E-state index contributed by atoms with van der Waals surface area (Å²) < 4.78 is 5.64. The molecule has 1 atom stereocenters. The molecule has 22 heavy (non-hydrogen) atoms. The predicted octanol–water partition coefficient (Wildman–Crippen LogP) is 2.10. The minimum absolute atomic E-state index is 0.0290. The molecule has 1 aliphatic heterocycles. The number of carbonyl (C=O) groups excluding carboxylic acids is 2. The minimum Gasteiger partial charge on any atom is -0.493 e. The van der Waals surface area contributed by atoms with Crippen molar-refractivity contribution in [2.45, 2.75) is 19.4 Å². The fourth-order valence-electron chi connectivity index (χ4n) is 2.43. The summed E-state index contributed by atoms with van der Waals surface area (Å²) in [6.07, 6.45) is 1.99. The van der Waals surface area contributed by atoms with Gasteiger partial charge >= 0.3 is 0 Å². The predicted molar refractivity (Wildman–Crippen MR) is 85.0 cm³/mol. The highest BCUT2D eigenvalue weighted by atomic mass is 35.5. The third kappa shape index (κ3) is 3.60. The van der Waals surface area contributed by atoms with Gasteiger partial charge in [0.2, 0.25) is 11.8 Å². The summed E-state index contributed by atoms with van der Waals surface area (Å²) in [5.74, 6) is 0.249. The lowest BCUT2D eigenvalue weighted by Crippen LogP contribution is -2.38. The van der Waals surface area contributed by atoms with Crippen molar-refractivity contribution in [2.24, 2.45) is 0 Å².